The van der Waals surface area contributed by atoms with E-state index in [9.17, 15) is 4.79 Å². The Labute approximate surface area is 121 Å². The van der Waals surface area contributed by atoms with Crippen LogP contribution in [0.3, 0.4) is 0 Å². The SMILES string of the molecule is CCC(CC)N(CC(C)C)C(=O)c1ccncc1Cl. The number of amides is 1. The lowest BCUT2D eigenvalue weighted by molar-refractivity contribution is 0.0640. The first kappa shape index (κ1) is 16.0. The van der Waals surface area contributed by atoms with E-state index >= 15 is 0 Å². The highest BCUT2D eigenvalue weighted by atomic mass is 35.5. The van der Waals surface area contributed by atoms with Gasteiger partial charge in [0.05, 0.1) is 10.6 Å². The summed E-state index contributed by atoms with van der Waals surface area (Å²) in [6.45, 7) is 9.23. The fourth-order valence-electron chi connectivity index (χ4n) is 2.22. The van der Waals surface area contributed by atoms with Gasteiger partial charge in [0, 0.05) is 25.0 Å². The molecular weight excluding hydrogens is 260 g/mol. The van der Waals surface area contributed by atoms with Crippen LogP contribution in [0.5, 0.6) is 0 Å². The Hall–Kier alpha value is -1.09. The number of halogens is 1. The van der Waals surface area contributed by atoms with Gasteiger partial charge in [0.25, 0.3) is 5.91 Å². The Balaban J connectivity index is 3.03. The average molecular weight is 283 g/mol. The van der Waals surface area contributed by atoms with Crippen molar-refractivity contribution in [2.45, 2.75) is 46.6 Å². The molecule has 1 amide bonds. The zero-order valence-corrected chi connectivity index (χ0v) is 12.9. The number of pyridine rings is 1. The van der Waals surface area contributed by atoms with E-state index in [0.717, 1.165) is 19.4 Å². The molecule has 1 rings (SSSR count). The second-order valence-electron chi connectivity index (χ2n) is 5.18. The van der Waals surface area contributed by atoms with E-state index in [4.69, 9.17) is 11.6 Å². The van der Waals surface area contributed by atoms with Crippen LogP contribution in [0.15, 0.2) is 18.5 Å². The van der Waals surface area contributed by atoms with Crippen molar-refractivity contribution in [2.75, 3.05) is 6.54 Å². The number of carbonyl (C=O) groups excluding carboxylic acids is 1. The van der Waals surface area contributed by atoms with E-state index in [1.54, 1.807) is 12.3 Å². The maximum absolute atomic E-state index is 12.7. The minimum Gasteiger partial charge on any atom is -0.335 e. The lowest BCUT2D eigenvalue weighted by Gasteiger charge is -2.32. The zero-order valence-electron chi connectivity index (χ0n) is 12.2. The Kier molecular flexibility index (Phi) is 6.29. The van der Waals surface area contributed by atoms with Crippen molar-refractivity contribution in [1.29, 1.82) is 0 Å². The molecule has 19 heavy (non-hydrogen) atoms. The van der Waals surface area contributed by atoms with Crippen molar-refractivity contribution in [3.63, 3.8) is 0 Å². The molecular formula is C15H23ClN2O. The quantitative estimate of drug-likeness (QED) is 0.789. The minimum atomic E-state index is 0.00907. The molecule has 0 aliphatic carbocycles. The molecule has 0 bridgehead atoms. The molecule has 106 valence electrons. The molecule has 0 N–H and O–H groups in total. The molecule has 1 heterocycles. The summed E-state index contributed by atoms with van der Waals surface area (Å²) >= 11 is 6.08. The van der Waals surface area contributed by atoms with Gasteiger partial charge < -0.3 is 4.90 Å². The number of hydrogen-bond acceptors (Lipinski definition) is 2. The van der Waals surface area contributed by atoms with Crippen LogP contribution in [0.2, 0.25) is 5.02 Å². The third-order valence-corrected chi connectivity index (χ3v) is 3.51. The highest BCUT2D eigenvalue weighted by Gasteiger charge is 2.24. The van der Waals surface area contributed by atoms with E-state index in [1.807, 2.05) is 4.90 Å². The van der Waals surface area contributed by atoms with Gasteiger partial charge in [-0.3, -0.25) is 9.78 Å². The first-order valence-electron chi connectivity index (χ1n) is 6.91. The Morgan fingerprint density at radius 2 is 2.00 bits per heavy atom. The summed E-state index contributed by atoms with van der Waals surface area (Å²) in [4.78, 5) is 18.6. The molecule has 0 unspecified atom stereocenters. The van der Waals surface area contributed by atoms with Crippen LogP contribution >= 0.6 is 11.6 Å². The van der Waals surface area contributed by atoms with Gasteiger partial charge in [-0.05, 0) is 24.8 Å². The molecule has 0 aliphatic rings. The predicted octanol–water partition coefficient (Wildman–Crippen LogP) is 4.02. The van der Waals surface area contributed by atoms with E-state index in [0.29, 0.717) is 16.5 Å². The molecule has 1 aromatic heterocycles. The van der Waals surface area contributed by atoms with Gasteiger partial charge in [-0.1, -0.05) is 39.3 Å². The molecule has 0 fully saturated rings. The summed E-state index contributed by atoms with van der Waals surface area (Å²) < 4.78 is 0. The highest BCUT2D eigenvalue weighted by molar-refractivity contribution is 6.33. The van der Waals surface area contributed by atoms with Gasteiger partial charge in [-0.2, -0.15) is 0 Å². The Bertz CT molecular complexity index is 416. The van der Waals surface area contributed by atoms with E-state index in [2.05, 4.69) is 32.7 Å². The topological polar surface area (TPSA) is 33.2 Å². The van der Waals surface area contributed by atoms with E-state index in [1.165, 1.54) is 6.20 Å². The molecule has 1 aromatic rings. The highest BCUT2D eigenvalue weighted by Crippen LogP contribution is 2.20. The van der Waals surface area contributed by atoms with Gasteiger partial charge in [-0.25, -0.2) is 0 Å². The first-order valence-corrected chi connectivity index (χ1v) is 7.29. The minimum absolute atomic E-state index is 0.00907. The molecule has 0 radical (unpaired) electrons. The largest absolute Gasteiger partial charge is 0.335 e. The number of rotatable bonds is 6. The summed E-state index contributed by atoms with van der Waals surface area (Å²) in [6.07, 6.45) is 5.05. The van der Waals surface area contributed by atoms with Crippen molar-refractivity contribution in [3.05, 3.63) is 29.0 Å². The van der Waals surface area contributed by atoms with Gasteiger partial charge >= 0.3 is 0 Å². The van der Waals surface area contributed by atoms with Gasteiger partial charge in [0.2, 0.25) is 0 Å². The fourth-order valence-corrected chi connectivity index (χ4v) is 2.42. The molecule has 0 aromatic carbocycles. The van der Waals surface area contributed by atoms with Crippen molar-refractivity contribution in [2.24, 2.45) is 5.92 Å². The van der Waals surface area contributed by atoms with Crippen molar-refractivity contribution < 1.29 is 4.79 Å². The summed E-state index contributed by atoms with van der Waals surface area (Å²) in [5.41, 5.74) is 0.546. The molecule has 0 saturated carbocycles. The molecule has 0 aliphatic heterocycles. The number of aromatic nitrogens is 1. The predicted molar refractivity (Wildman–Crippen MR) is 79.5 cm³/mol. The van der Waals surface area contributed by atoms with E-state index < -0.39 is 0 Å². The van der Waals surface area contributed by atoms with Crippen LogP contribution in [0.1, 0.15) is 50.9 Å². The van der Waals surface area contributed by atoms with Crippen LogP contribution < -0.4 is 0 Å². The summed E-state index contributed by atoms with van der Waals surface area (Å²) in [5.74, 6) is 0.444. The lowest BCUT2D eigenvalue weighted by Crippen LogP contribution is -2.42. The van der Waals surface area contributed by atoms with Gasteiger partial charge in [-0.15, -0.1) is 0 Å². The van der Waals surface area contributed by atoms with Crippen LogP contribution in [0, 0.1) is 5.92 Å². The van der Waals surface area contributed by atoms with Crippen LogP contribution in [0.4, 0.5) is 0 Å². The zero-order chi connectivity index (χ0) is 14.4. The van der Waals surface area contributed by atoms with Crippen molar-refractivity contribution in [3.8, 4) is 0 Å². The maximum atomic E-state index is 12.7. The second kappa shape index (κ2) is 7.49. The third kappa shape index (κ3) is 4.20. The molecule has 0 atom stereocenters. The van der Waals surface area contributed by atoms with Crippen molar-refractivity contribution in [1.82, 2.24) is 9.88 Å². The lowest BCUT2D eigenvalue weighted by atomic mass is 10.1. The molecule has 3 nitrogen and oxygen atoms in total. The number of hydrogen-bond donors (Lipinski definition) is 0. The van der Waals surface area contributed by atoms with Gasteiger partial charge in [0.15, 0.2) is 0 Å². The fraction of sp³-hybridized carbons (Fsp3) is 0.600. The van der Waals surface area contributed by atoms with Crippen LogP contribution in [0.25, 0.3) is 0 Å². The number of carbonyl (C=O) groups is 1. The summed E-state index contributed by atoms with van der Waals surface area (Å²) in [5, 5.41) is 0.423. The van der Waals surface area contributed by atoms with Crippen LogP contribution in [-0.4, -0.2) is 28.4 Å². The second-order valence-corrected chi connectivity index (χ2v) is 5.58. The van der Waals surface area contributed by atoms with Crippen molar-refractivity contribution >= 4 is 17.5 Å². The normalized spacial score (nSPS) is 11.1. The molecule has 0 spiro atoms. The Morgan fingerprint density at radius 3 is 2.47 bits per heavy atom. The first-order chi connectivity index (χ1) is 9.01. The Morgan fingerprint density at radius 1 is 1.37 bits per heavy atom. The van der Waals surface area contributed by atoms with E-state index in [-0.39, 0.29) is 11.9 Å². The molecule has 0 saturated heterocycles. The monoisotopic (exact) mass is 282 g/mol. The summed E-state index contributed by atoms with van der Waals surface area (Å²) in [7, 11) is 0. The van der Waals surface area contributed by atoms with Gasteiger partial charge in [0.1, 0.15) is 0 Å². The maximum Gasteiger partial charge on any atom is 0.255 e. The average Bonchev–Trinajstić information content (AvgIpc) is 2.38. The summed E-state index contributed by atoms with van der Waals surface area (Å²) in [6, 6.07) is 1.96. The smallest absolute Gasteiger partial charge is 0.255 e. The standard InChI is InChI=1S/C15H23ClN2O/c1-5-12(6-2)18(10-11(3)4)15(19)13-7-8-17-9-14(13)16/h7-9,11-12H,5-6,10H2,1-4H3. The molecule has 4 heteroatoms. The number of nitrogens with zero attached hydrogens (tertiary/aromatic N) is 2. The third-order valence-electron chi connectivity index (χ3n) is 3.21. The van der Waals surface area contributed by atoms with Crippen LogP contribution in [-0.2, 0) is 0 Å².